The van der Waals surface area contributed by atoms with Crippen LogP contribution in [0.4, 0.5) is 0 Å². The smallest absolute Gasteiger partial charge is 0.220 e. The van der Waals surface area contributed by atoms with E-state index in [1.165, 1.54) is 289 Å². The molecule has 0 spiro atoms. The second-order valence-electron chi connectivity index (χ2n) is 21.1. The zero-order valence-corrected chi connectivity index (χ0v) is 45.2. The third-order valence-corrected chi connectivity index (χ3v) is 14.5. The zero-order valence-electron chi connectivity index (χ0n) is 45.2. The zero-order chi connectivity index (χ0) is 47.7. The molecular weight excluding hydrogens is 807 g/mol. The Morgan fingerprint density at radius 3 is 0.909 bits per heavy atom. The summed E-state index contributed by atoms with van der Waals surface area (Å²) in [4.78, 5) is 12.5. The van der Waals surface area contributed by atoms with E-state index in [1.54, 1.807) is 0 Å². The van der Waals surface area contributed by atoms with Gasteiger partial charge in [-0.1, -0.05) is 321 Å². The van der Waals surface area contributed by atoms with Gasteiger partial charge in [0.15, 0.2) is 0 Å². The van der Waals surface area contributed by atoms with E-state index in [9.17, 15) is 15.0 Å². The Bertz CT molecular complexity index is 963. The molecule has 4 heteroatoms. The van der Waals surface area contributed by atoms with Crippen molar-refractivity contribution < 1.29 is 15.0 Å². The summed E-state index contributed by atoms with van der Waals surface area (Å²) in [5.74, 6) is -0.0253. The lowest BCUT2D eigenvalue weighted by Gasteiger charge is -2.22. The van der Waals surface area contributed by atoms with E-state index in [4.69, 9.17) is 0 Å². The van der Waals surface area contributed by atoms with Crippen LogP contribution in [0.1, 0.15) is 348 Å². The largest absolute Gasteiger partial charge is 0.394 e. The first-order valence-electron chi connectivity index (χ1n) is 30.5. The van der Waals surface area contributed by atoms with Gasteiger partial charge < -0.3 is 15.5 Å². The number of hydrogen-bond acceptors (Lipinski definition) is 3. The first kappa shape index (κ1) is 64.9. The minimum atomic E-state index is -0.658. The summed E-state index contributed by atoms with van der Waals surface area (Å²) in [7, 11) is 0. The summed E-state index contributed by atoms with van der Waals surface area (Å²) in [6.45, 7) is 4.40. The Morgan fingerprint density at radius 2 is 0.621 bits per heavy atom. The van der Waals surface area contributed by atoms with Crippen molar-refractivity contribution in [3.63, 3.8) is 0 Å². The average molecular weight is 929 g/mol. The molecule has 0 saturated carbocycles. The number of aliphatic hydroxyl groups is 2. The van der Waals surface area contributed by atoms with Crippen molar-refractivity contribution in [3.8, 4) is 0 Å². The second kappa shape index (κ2) is 58.2. The van der Waals surface area contributed by atoms with Crippen molar-refractivity contribution >= 4 is 5.91 Å². The van der Waals surface area contributed by atoms with Crippen molar-refractivity contribution in [3.05, 3.63) is 24.3 Å². The van der Waals surface area contributed by atoms with Gasteiger partial charge in [-0.15, -0.1) is 0 Å². The van der Waals surface area contributed by atoms with E-state index in [-0.39, 0.29) is 12.5 Å². The van der Waals surface area contributed by atoms with Crippen molar-refractivity contribution in [1.82, 2.24) is 5.32 Å². The third-order valence-electron chi connectivity index (χ3n) is 14.5. The molecule has 2 atom stereocenters. The number of unbranched alkanes of at least 4 members (excludes halogenated alkanes) is 46. The molecule has 0 fully saturated rings. The molecule has 4 nitrogen and oxygen atoms in total. The molecule has 0 bridgehead atoms. The van der Waals surface area contributed by atoms with Crippen molar-refractivity contribution in [2.75, 3.05) is 6.61 Å². The summed E-state index contributed by atoms with van der Waals surface area (Å²) >= 11 is 0. The lowest BCUT2D eigenvalue weighted by atomic mass is 10.0. The molecule has 0 aromatic rings. The quantitative estimate of drug-likeness (QED) is 0.0420. The lowest BCUT2D eigenvalue weighted by Crippen LogP contribution is -2.45. The van der Waals surface area contributed by atoms with E-state index in [0.29, 0.717) is 12.8 Å². The van der Waals surface area contributed by atoms with Gasteiger partial charge in [-0.25, -0.2) is 0 Å². The molecule has 3 N–H and O–H groups in total. The molecule has 392 valence electrons. The van der Waals surface area contributed by atoms with Crippen LogP contribution in [0.15, 0.2) is 24.3 Å². The number of nitrogens with one attached hydrogen (secondary N) is 1. The van der Waals surface area contributed by atoms with Crippen molar-refractivity contribution in [2.24, 2.45) is 0 Å². The van der Waals surface area contributed by atoms with Gasteiger partial charge in [0.2, 0.25) is 5.91 Å². The fourth-order valence-corrected chi connectivity index (χ4v) is 9.81. The fourth-order valence-electron chi connectivity index (χ4n) is 9.81. The highest BCUT2D eigenvalue weighted by molar-refractivity contribution is 5.76. The minimum absolute atomic E-state index is 0.0253. The summed E-state index contributed by atoms with van der Waals surface area (Å²) in [6.07, 6.45) is 77.7. The molecule has 0 rings (SSSR count). The first-order chi connectivity index (χ1) is 32.7. The molecule has 0 aromatic heterocycles. The van der Waals surface area contributed by atoms with E-state index < -0.39 is 12.1 Å². The summed E-state index contributed by atoms with van der Waals surface area (Å²) in [6, 6.07) is -0.534. The number of carbonyl (C=O) groups excluding carboxylic acids is 1. The Balaban J connectivity index is 3.39. The van der Waals surface area contributed by atoms with E-state index >= 15 is 0 Å². The van der Waals surface area contributed by atoms with Gasteiger partial charge in [0.1, 0.15) is 0 Å². The molecular formula is C62H121NO3. The van der Waals surface area contributed by atoms with Crippen LogP contribution in [0.3, 0.4) is 0 Å². The van der Waals surface area contributed by atoms with Crippen LogP contribution in [0.2, 0.25) is 0 Å². The Kier molecular flexibility index (Phi) is 57.2. The molecule has 0 aliphatic heterocycles. The number of amides is 1. The van der Waals surface area contributed by atoms with E-state index in [1.807, 2.05) is 0 Å². The highest BCUT2D eigenvalue weighted by Gasteiger charge is 2.20. The van der Waals surface area contributed by atoms with Crippen LogP contribution in [0.5, 0.6) is 0 Å². The second-order valence-corrected chi connectivity index (χ2v) is 21.1. The average Bonchev–Trinajstić information content (AvgIpc) is 3.32. The number of carbonyl (C=O) groups is 1. The van der Waals surface area contributed by atoms with Gasteiger partial charge in [0.05, 0.1) is 18.8 Å². The summed E-state index contributed by atoms with van der Waals surface area (Å²) in [5, 5.41) is 23.3. The molecule has 2 unspecified atom stereocenters. The molecule has 0 heterocycles. The van der Waals surface area contributed by atoms with Gasteiger partial charge in [-0.05, 0) is 44.9 Å². The van der Waals surface area contributed by atoms with Crippen LogP contribution in [0, 0.1) is 0 Å². The normalized spacial score (nSPS) is 12.8. The Morgan fingerprint density at radius 1 is 0.364 bits per heavy atom. The number of allylic oxidation sites excluding steroid dienone is 4. The van der Waals surface area contributed by atoms with Gasteiger partial charge in [0, 0.05) is 6.42 Å². The molecule has 1 amide bonds. The lowest BCUT2D eigenvalue weighted by molar-refractivity contribution is -0.123. The molecule has 0 aromatic carbocycles. The molecule has 0 aliphatic rings. The predicted octanol–water partition coefficient (Wildman–Crippen LogP) is 20.3. The predicted molar refractivity (Wildman–Crippen MR) is 295 cm³/mol. The number of aliphatic hydroxyl groups excluding tert-OH is 2. The van der Waals surface area contributed by atoms with Crippen LogP contribution < -0.4 is 5.32 Å². The Hall–Kier alpha value is -1.13. The topological polar surface area (TPSA) is 69.6 Å². The van der Waals surface area contributed by atoms with Gasteiger partial charge in [-0.2, -0.15) is 0 Å². The van der Waals surface area contributed by atoms with Crippen LogP contribution in [-0.4, -0.2) is 34.9 Å². The summed E-state index contributed by atoms with van der Waals surface area (Å²) < 4.78 is 0. The summed E-state index contributed by atoms with van der Waals surface area (Å²) in [5.41, 5.74) is 0. The van der Waals surface area contributed by atoms with Gasteiger partial charge >= 0.3 is 0 Å². The molecule has 0 radical (unpaired) electrons. The van der Waals surface area contributed by atoms with E-state index in [2.05, 4.69) is 43.5 Å². The van der Waals surface area contributed by atoms with Crippen LogP contribution >= 0.6 is 0 Å². The van der Waals surface area contributed by atoms with E-state index in [0.717, 1.165) is 32.1 Å². The maximum Gasteiger partial charge on any atom is 0.220 e. The maximum absolute atomic E-state index is 12.5. The monoisotopic (exact) mass is 928 g/mol. The number of rotatable bonds is 57. The van der Waals surface area contributed by atoms with Gasteiger partial charge in [0.25, 0.3) is 0 Å². The molecule has 66 heavy (non-hydrogen) atoms. The highest BCUT2D eigenvalue weighted by atomic mass is 16.3. The van der Waals surface area contributed by atoms with Crippen molar-refractivity contribution in [1.29, 1.82) is 0 Å². The Labute approximate surface area is 415 Å². The molecule has 0 aliphatic carbocycles. The SMILES string of the molecule is CCCCCCCCCCCCCCC/C=C\C/C=C\CCCCCCCCCCCCCCCCCCCC(=O)NC(CO)C(O)CCCCCCCCCCCCCCCCCCC. The van der Waals surface area contributed by atoms with Gasteiger partial charge in [-0.3, -0.25) is 4.79 Å². The molecule has 0 saturated heterocycles. The maximum atomic E-state index is 12.5. The highest BCUT2D eigenvalue weighted by Crippen LogP contribution is 2.18. The van der Waals surface area contributed by atoms with Crippen molar-refractivity contribution in [2.45, 2.75) is 360 Å². The fraction of sp³-hybridized carbons (Fsp3) is 0.919. The number of hydrogen-bond donors (Lipinski definition) is 3. The van der Waals surface area contributed by atoms with Crippen LogP contribution in [-0.2, 0) is 4.79 Å². The standard InChI is InChI=1S/C62H121NO3/c1-3-5-7-9-11-13-15-17-19-21-22-23-24-25-26-27-28-29-30-31-32-33-34-35-36-37-38-39-40-42-44-46-48-50-52-54-56-58-62(66)63-60(59-64)61(65)57-55-53-51-49-47-45-43-41-20-18-16-14-12-10-8-6-4-2/h26-27,29-30,60-61,64-65H,3-25,28,31-59H2,1-2H3,(H,63,66)/b27-26-,30-29-. The minimum Gasteiger partial charge on any atom is -0.394 e. The first-order valence-corrected chi connectivity index (χ1v) is 30.5. The van der Waals surface area contributed by atoms with Crippen LogP contribution in [0.25, 0.3) is 0 Å². The third kappa shape index (κ3) is 53.8.